The van der Waals surface area contributed by atoms with E-state index in [2.05, 4.69) is 34.7 Å². The number of hydrogen-bond acceptors (Lipinski definition) is 6. The van der Waals surface area contributed by atoms with Crippen LogP contribution in [0, 0.1) is 0 Å². The molecule has 0 bridgehead atoms. The molecule has 1 aromatic carbocycles. The molecular formula is C14H20N4O2. The summed E-state index contributed by atoms with van der Waals surface area (Å²) in [5.74, 6) is 1.42. The molecule has 0 saturated heterocycles. The van der Waals surface area contributed by atoms with Gasteiger partial charge in [0.25, 0.3) is 0 Å². The summed E-state index contributed by atoms with van der Waals surface area (Å²) in [4.78, 5) is 0. The molecule has 0 aliphatic heterocycles. The van der Waals surface area contributed by atoms with Gasteiger partial charge in [-0.25, -0.2) is 0 Å². The van der Waals surface area contributed by atoms with E-state index in [1.807, 2.05) is 30.3 Å². The van der Waals surface area contributed by atoms with Gasteiger partial charge in [-0.05, 0) is 12.1 Å². The van der Waals surface area contributed by atoms with Gasteiger partial charge in [-0.15, -0.1) is 5.10 Å². The van der Waals surface area contributed by atoms with Crippen molar-refractivity contribution in [1.29, 1.82) is 0 Å². The van der Waals surface area contributed by atoms with Crippen LogP contribution in [0.3, 0.4) is 0 Å². The molecule has 0 saturated carbocycles. The van der Waals surface area contributed by atoms with Crippen LogP contribution in [0.15, 0.2) is 34.7 Å². The van der Waals surface area contributed by atoms with Gasteiger partial charge in [-0.3, -0.25) is 0 Å². The summed E-state index contributed by atoms with van der Waals surface area (Å²) in [6.45, 7) is 5.85. The first kappa shape index (κ1) is 14.3. The SMILES string of the molecule is CC(C)NCc1nnc(NCCOc2ccccc2)o1. The second-order valence-electron chi connectivity index (χ2n) is 4.62. The molecule has 108 valence electrons. The van der Waals surface area contributed by atoms with Crippen LogP contribution in [-0.2, 0) is 6.54 Å². The van der Waals surface area contributed by atoms with Crippen molar-refractivity contribution in [3.63, 3.8) is 0 Å². The number of nitrogens with one attached hydrogen (secondary N) is 2. The van der Waals surface area contributed by atoms with E-state index in [0.717, 1.165) is 5.75 Å². The molecule has 0 aliphatic carbocycles. The predicted octanol–water partition coefficient (Wildman–Crippen LogP) is 2.06. The average molecular weight is 276 g/mol. The molecule has 0 aliphatic rings. The molecule has 2 aromatic rings. The number of ether oxygens (including phenoxy) is 1. The number of aromatic nitrogens is 2. The van der Waals surface area contributed by atoms with E-state index < -0.39 is 0 Å². The smallest absolute Gasteiger partial charge is 0.315 e. The van der Waals surface area contributed by atoms with E-state index in [1.54, 1.807) is 0 Å². The van der Waals surface area contributed by atoms with Gasteiger partial charge >= 0.3 is 6.01 Å². The van der Waals surface area contributed by atoms with Crippen molar-refractivity contribution in [2.45, 2.75) is 26.4 Å². The van der Waals surface area contributed by atoms with E-state index in [9.17, 15) is 0 Å². The van der Waals surface area contributed by atoms with Gasteiger partial charge in [0.2, 0.25) is 5.89 Å². The summed E-state index contributed by atoms with van der Waals surface area (Å²) in [6, 6.07) is 10.5. The van der Waals surface area contributed by atoms with Crippen molar-refractivity contribution in [1.82, 2.24) is 15.5 Å². The maximum Gasteiger partial charge on any atom is 0.315 e. The first-order valence-electron chi connectivity index (χ1n) is 6.71. The molecule has 2 rings (SSSR count). The Morgan fingerprint density at radius 1 is 1.20 bits per heavy atom. The lowest BCUT2D eigenvalue weighted by molar-refractivity contribution is 0.331. The zero-order valence-corrected chi connectivity index (χ0v) is 11.8. The zero-order valence-electron chi connectivity index (χ0n) is 11.8. The maximum atomic E-state index is 5.55. The first-order valence-corrected chi connectivity index (χ1v) is 6.71. The zero-order chi connectivity index (χ0) is 14.2. The molecule has 6 heteroatoms. The van der Waals surface area contributed by atoms with Crippen molar-refractivity contribution in [3.05, 3.63) is 36.2 Å². The minimum Gasteiger partial charge on any atom is -0.492 e. The Labute approximate surface area is 118 Å². The van der Waals surface area contributed by atoms with Gasteiger partial charge in [0.1, 0.15) is 12.4 Å². The highest BCUT2D eigenvalue weighted by molar-refractivity contribution is 5.21. The van der Waals surface area contributed by atoms with Gasteiger partial charge < -0.3 is 19.8 Å². The van der Waals surface area contributed by atoms with Crippen LogP contribution >= 0.6 is 0 Å². The fraction of sp³-hybridized carbons (Fsp3) is 0.429. The van der Waals surface area contributed by atoms with Crippen LogP contribution in [-0.4, -0.2) is 29.4 Å². The van der Waals surface area contributed by atoms with Crippen LogP contribution in [0.4, 0.5) is 6.01 Å². The molecule has 0 spiro atoms. The van der Waals surface area contributed by atoms with Crippen molar-refractivity contribution in [2.75, 3.05) is 18.5 Å². The van der Waals surface area contributed by atoms with Crippen molar-refractivity contribution in [2.24, 2.45) is 0 Å². The first-order chi connectivity index (χ1) is 9.74. The van der Waals surface area contributed by atoms with Gasteiger partial charge in [-0.1, -0.05) is 37.1 Å². The molecule has 0 unspecified atom stereocenters. The molecule has 6 nitrogen and oxygen atoms in total. The van der Waals surface area contributed by atoms with Gasteiger partial charge in [0.15, 0.2) is 0 Å². The number of rotatable bonds is 8. The van der Waals surface area contributed by atoms with Gasteiger partial charge in [-0.2, -0.15) is 0 Å². The van der Waals surface area contributed by atoms with Crippen molar-refractivity contribution < 1.29 is 9.15 Å². The lowest BCUT2D eigenvalue weighted by atomic mass is 10.3. The molecule has 0 amide bonds. The summed E-state index contributed by atoms with van der Waals surface area (Å²) >= 11 is 0. The van der Waals surface area contributed by atoms with Gasteiger partial charge in [0, 0.05) is 6.04 Å². The quantitative estimate of drug-likeness (QED) is 0.719. The van der Waals surface area contributed by atoms with Crippen molar-refractivity contribution >= 4 is 6.01 Å². The topological polar surface area (TPSA) is 72.2 Å². The molecule has 20 heavy (non-hydrogen) atoms. The lowest BCUT2D eigenvalue weighted by Gasteiger charge is -2.05. The highest BCUT2D eigenvalue weighted by Gasteiger charge is 2.05. The van der Waals surface area contributed by atoms with Crippen LogP contribution in [0.1, 0.15) is 19.7 Å². The van der Waals surface area contributed by atoms with Crippen molar-refractivity contribution in [3.8, 4) is 5.75 Å². The lowest BCUT2D eigenvalue weighted by Crippen LogP contribution is -2.21. The minimum absolute atomic E-state index is 0.387. The summed E-state index contributed by atoms with van der Waals surface area (Å²) in [6.07, 6.45) is 0. The Kier molecular flexibility index (Phi) is 5.37. The van der Waals surface area contributed by atoms with E-state index in [0.29, 0.717) is 37.6 Å². The Bertz CT molecular complexity index is 499. The van der Waals surface area contributed by atoms with E-state index >= 15 is 0 Å². The summed E-state index contributed by atoms with van der Waals surface area (Å²) in [7, 11) is 0. The van der Waals surface area contributed by atoms with E-state index in [4.69, 9.17) is 9.15 Å². The normalized spacial score (nSPS) is 10.8. The second-order valence-corrected chi connectivity index (χ2v) is 4.62. The monoisotopic (exact) mass is 276 g/mol. The fourth-order valence-corrected chi connectivity index (χ4v) is 1.53. The maximum absolute atomic E-state index is 5.55. The molecular weight excluding hydrogens is 256 g/mol. The van der Waals surface area contributed by atoms with Gasteiger partial charge in [0.05, 0.1) is 13.1 Å². The second kappa shape index (κ2) is 7.49. The number of benzene rings is 1. The third kappa shape index (κ3) is 4.89. The fourth-order valence-electron chi connectivity index (χ4n) is 1.53. The Morgan fingerprint density at radius 2 is 2.00 bits per heavy atom. The summed E-state index contributed by atoms with van der Waals surface area (Å²) < 4.78 is 11.0. The summed E-state index contributed by atoms with van der Waals surface area (Å²) in [5.41, 5.74) is 0. The van der Waals surface area contributed by atoms with Crippen LogP contribution in [0.5, 0.6) is 5.75 Å². The Hall–Kier alpha value is -2.08. The van der Waals surface area contributed by atoms with E-state index in [1.165, 1.54) is 0 Å². The number of para-hydroxylation sites is 1. The highest BCUT2D eigenvalue weighted by atomic mass is 16.5. The molecule has 1 aromatic heterocycles. The number of anilines is 1. The highest BCUT2D eigenvalue weighted by Crippen LogP contribution is 2.08. The average Bonchev–Trinajstić information content (AvgIpc) is 2.90. The molecule has 0 fully saturated rings. The van der Waals surface area contributed by atoms with E-state index in [-0.39, 0.29) is 0 Å². The van der Waals surface area contributed by atoms with Crippen LogP contribution < -0.4 is 15.4 Å². The minimum atomic E-state index is 0.387. The molecule has 0 radical (unpaired) electrons. The molecule has 0 atom stereocenters. The third-order valence-electron chi connectivity index (χ3n) is 2.52. The van der Waals surface area contributed by atoms with Crippen LogP contribution in [0.2, 0.25) is 0 Å². The summed E-state index contributed by atoms with van der Waals surface area (Å²) in [5, 5.41) is 14.1. The Balaban J connectivity index is 1.67. The Morgan fingerprint density at radius 3 is 2.75 bits per heavy atom. The number of nitrogens with zero attached hydrogens (tertiary/aromatic N) is 2. The number of hydrogen-bond donors (Lipinski definition) is 2. The standard InChI is InChI=1S/C14H20N4O2/c1-11(2)16-10-13-17-18-14(20-13)15-8-9-19-12-6-4-3-5-7-12/h3-7,11,16H,8-10H2,1-2H3,(H,15,18). The molecule has 2 N–H and O–H groups in total. The van der Waals surface area contributed by atoms with Crippen LogP contribution in [0.25, 0.3) is 0 Å². The molecule has 1 heterocycles. The third-order valence-corrected chi connectivity index (χ3v) is 2.52. The largest absolute Gasteiger partial charge is 0.492 e. The predicted molar refractivity (Wildman–Crippen MR) is 76.7 cm³/mol.